The van der Waals surface area contributed by atoms with Gasteiger partial charge in [-0.25, -0.2) is 9.97 Å². The molecule has 1 N–H and O–H groups in total. The van der Waals surface area contributed by atoms with Crippen molar-refractivity contribution < 1.29 is 5.11 Å². The molecule has 150 valence electrons. The number of anilines is 1. The summed E-state index contributed by atoms with van der Waals surface area (Å²) in [5.74, 6) is 1.21. The van der Waals surface area contributed by atoms with Gasteiger partial charge in [0.15, 0.2) is 0 Å². The Morgan fingerprint density at radius 3 is 2.96 bits per heavy atom. The number of nitrogens with zero attached hydrogens (tertiary/aromatic N) is 6. The summed E-state index contributed by atoms with van der Waals surface area (Å²) in [5, 5.41) is 13.9. The Bertz CT molecular complexity index is 836. The molecular formula is C21H30N6O. The Hall–Kier alpha value is -1.99. The highest BCUT2D eigenvalue weighted by molar-refractivity contribution is 5.37. The molecule has 2 saturated heterocycles. The van der Waals surface area contributed by atoms with Crippen LogP contribution in [0.3, 0.4) is 0 Å². The number of aliphatic hydroxyl groups excluding tert-OH is 1. The van der Waals surface area contributed by atoms with E-state index in [1.165, 1.54) is 29.7 Å². The van der Waals surface area contributed by atoms with Gasteiger partial charge in [0.1, 0.15) is 0 Å². The highest BCUT2D eigenvalue weighted by atomic mass is 16.3. The molecule has 2 aromatic heterocycles. The lowest BCUT2D eigenvalue weighted by atomic mass is 9.98. The number of rotatable bonds is 5. The first kappa shape index (κ1) is 18.1. The summed E-state index contributed by atoms with van der Waals surface area (Å²) in [6.07, 6.45) is 11.9. The van der Waals surface area contributed by atoms with Crippen molar-refractivity contribution in [2.24, 2.45) is 5.92 Å². The van der Waals surface area contributed by atoms with Crippen LogP contribution in [0.2, 0.25) is 0 Å². The zero-order valence-electron chi connectivity index (χ0n) is 16.7. The van der Waals surface area contributed by atoms with Crippen molar-refractivity contribution >= 4 is 5.95 Å². The van der Waals surface area contributed by atoms with Gasteiger partial charge in [-0.3, -0.25) is 9.58 Å². The second-order valence-electron chi connectivity index (χ2n) is 8.54. The number of aryl methyl sites for hydroxylation is 1. The lowest BCUT2D eigenvalue weighted by Crippen LogP contribution is -2.40. The van der Waals surface area contributed by atoms with E-state index in [0.29, 0.717) is 18.0 Å². The van der Waals surface area contributed by atoms with Crippen LogP contribution in [0.25, 0.3) is 0 Å². The molecule has 3 unspecified atom stereocenters. The van der Waals surface area contributed by atoms with E-state index in [9.17, 15) is 5.11 Å². The van der Waals surface area contributed by atoms with Crippen LogP contribution in [0.5, 0.6) is 0 Å². The summed E-state index contributed by atoms with van der Waals surface area (Å²) < 4.78 is 2.00. The molecule has 3 atom stereocenters. The SMILES string of the molecule is CCn1cc(CN2C3CCC2c2cnc(N4CCCC(CO)C4)nc2C3)cn1. The molecule has 7 nitrogen and oxygen atoms in total. The third kappa shape index (κ3) is 3.20. The molecule has 28 heavy (non-hydrogen) atoms. The van der Waals surface area contributed by atoms with E-state index in [0.717, 1.165) is 51.4 Å². The average molecular weight is 383 g/mol. The van der Waals surface area contributed by atoms with Gasteiger partial charge in [-0.2, -0.15) is 5.10 Å². The minimum absolute atomic E-state index is 0.259. The van der Waals surface area contributed by atoms with Crippen molar-refractivity contribution in [1.29, 1.82) is 0 Å². The third-order valence-electron chi connectivity index (χ3n) is 6.75. The van der Waals surface area contributed by atoms with E-state index < -0.39 is 0 Å². The monoisotopic (exact) mass is 382 g/mol. The summed E-state index contributed by atoms with van der Waals surface area (Å²) in [6.45, 7) is 6.12. The van der Waals surface area contributed by atoms with Gasteiger partial charge in [-0.15, -0.1) is 0 Å². The smallest absolute Gasteiger partial charge is 0.225 e. The largest absolute Gasteiger partial charge is 0.396 e. The summed E-state index contributed by atoms with van der Waals surface area (Å²) in [5.41, 5.74) is 3.85. The van der Waals surface area contributed by atoms with Crippen LogP contribution >= 0.6 is 0 Å². The number of fused-ring (bicyclic) bond motifs is 4. The first-order valence-electron chi connectivity index (χ1n) is 10.7. The summed E-state index contributed by atoms with van der Waals surface area (Å²) >= 11 is 0. The zero-order chi connectivity index (χ0) is 19.1. The maximum absolute atomic E-state index is 9.51. The molecule has 2 bridgehead atoms. The highest BCUT2D eigenvalue weighted by Crippen LogP contribution is 2.44. The van der Waals surface area contributed by atoms with E-state index in [1.807, 2.05) is 10.9 Å². The molecule has 0 radical (unpaired) electrons. The normalized spacial score (nSPS) is 27.2. The van der Waals surface area contributed by atoms with Gasteiger partial charge >= 0.3 is 0 Å². The molecule has 7 heteroatoms. The second-order valence-corrected chi connectivity index (χ2v) is 8.54. The molecule has 0 aromatic carbocycles. The van der Waals surface area contributed by atoms with Crippen LogP contribution in [0, 0.1) is 5.92 Å². The van der Waals surface area contributed by atoms with Gasteiger partial charge in [0.2, 0.25) is 5.95 Å². The quantitative estimate of drug-likeness (QED) is 0.855. The number of hydrogen-bond acceptors (Lipinski definition) is 6. The molecule has 2 fully saturated rings. The van der Waals surface area contributed by atoms with E-state index in [2.05, 4.69) is 34.2 Å². The van der Waals surface area contributed by atoms with Crippen LogP contribution in [0.15, 0.2) is 18.6 Å². The van der Waals surface area contributed by atoms with Gasteiger partial charge in [0.05, 0.1) is 11.9 Å². The fraction of sp³-hybridized carbons (Fsp3) is 0.667. The molecule has 0 spiro atoms. The van der Waals surface area contributed by atoms with E-state index in [4.69, 9.17) is 9.97 Å². The lowest BCUT2D eigenvalue weighted by Gasteiger charge is -2.36. The minimum Gasteiger partial charge on any atom is -0.396 e. The maximum Gasteiger partial charge on any atom is 0.225 e. The maximum atomic E-state index is 9.51. The van der Waals surface area contributed by atoms with Crippen LogP contribution in [0.1, 0.15) is 55.5 Å². The fourth-order valence-electron chi connectivity index (χ4n) is 5.23. The van der Waals surface area contributed by atoms with Crippen molar-refractivity contribution in [2.75, 3.05) is 24.6 Å². The summed E-state index contributed by atoms with van der Waals surface area (Å²) in [4.78, 5) is 14.6. The first-order valence-corrected chi connectivity index (χ1v) is 10.7. The van der Waals surface area contributed by atoms with Crippen molar-refractivity contribution in [3.8, 4) is 0 Å². The summed E-state index contributed by atoms with van der Waals surface area (Å²) in [7, 11) is 0. The second kappa shape index (κ2) is 7.44. The Labute approximate surface area is 166 Å². The van der Waals surface area contributed by atoms with Gasteiger partial charge in [-0.1, -0.05) is 0 Å². The average Bonchev–Trinajstić information content (AvgIpc) is 3.30. The molecule has 0 amide bonds. The van der Waals surface area contributed by atoms with Gasteiger partial charge in [0.25, 0.3) is 0 Å². The fourth-order valence-corrected chi connectivity index (χ4v) is 5.23. The number of hydrogen-bond donors (Lipinski definition) is 1. The Morgan fingerprint density at radius 2 is 2.14 bits per heavy atom. The lowest BCUT2D eigenvalue weighted by molar-refractivity contribution is 0.166. The van der Waals surface area contributed by atoms with Crippen molar-refractivity contribution in [2.45, 2.75) is 64.2 Å². The van der Waals surface area contributed by atoms with E-state index in [-0.39, 0.29) is 6.61 Å². The van der Waals surface area contributed by atoms with Crippen LogP contribution in [0.4, 0.5) is 5.95 Å². The molecular weight excluding hydrogens is 352 g/mol. The van der Waals surface area contributed by atoms with Crippen molar-refractivity contribution in [3.63, 3.8) is 0 Å². The summed E-state index contributed by atoms with van der Waals surface area (Å²) in [6, 6.07) is 0.996. The standard InChI is InChI=1S/C21H30N6O/c1-2-26-12-16(9-23-26)13-27-17-5-6-20(27)18-10-22-21(24-19(18)8-17)25-7-3-4-15(11-25)14-28/h9-10,12,15,17,20,28H,2-8,11,13-14H2,1H3. The van der Waals surface area contributed by atoms with Gasteiger partial charge in [-0.05, 0) is 38.5 Å². The van der Waals surface area contributed by atoms with E-state index in [1.54, 1.807) is 0 Å². The molecule has 3 aliphatic heterocycles. The molecule has 0 saturated carbocycles. The molecule has 2 aromatic rings. The number of piperidine rings is 1. The predicted molar refractivity (Wildman–Crippen MR) is 107 cm³/mol. The third-order valence-corrected chi connectivity index (χ3v) is 6.75. The van der Waals surface area contributed by atoms with Gasteiger partial charge in [0, 0.05) is 74.8 Å². The molecule has 3 aliphatic rings. The van der Waals surface area contributed by atoms with E-state index >= 15 is 0 Å². The van der Waals surface area contributed by atoms with Crippen LogP contribution in [-0.2, 0) is 19.5 Å². The Morgan fingerprint density at radius 1 is 1.21 bits per heavy atom. The predicted octanol–water partition coefficient (Wildman–Crippen LogP) is 2.16. The Balaban J connectivity index is 1.35. The number of aliphatic hydroxyl groups is 1. The minimum atomic E-state index is 0.259. The highest BCUT2D eigenvalue weighted by Gasteiger charge is 2.41. The Kier molecular flexibility index (Phi) is 4.80. The van der Waals surface area contributed by atoms with Crippen LogP contribution in [-0.4, -0.2) is 55.5 Å². The molecule has 5 heterocycles. The van der Waals surface area contributed by atoms with Gasteiger partial charge < -0.3 is 10.0 Å². The molecule has 5 rings (SSSR count). The van der Waals surface area contributed by atoms with Crippen molar-refractivity contribution in [1.82, 2.24) is 24.6 Å². The molecule has 0 aliphatic carbocycles. The number of aromatic nitrogens is 4. The topological polar surface area (TPSA) is 70.3 Å². The zero-order valence-corrected chi connectivity index (χ0v) is 16.7. The van der Waals surface area contributed by atoms with Crippen LogP contribution < -0.4 is 4.90 Å². The van der Waals surface area contributed by atoms with Crippen molar-refractivity contribution in [3.05, 3.63) is 35.4 Å². The first-order chi connectivity index (χ1) is 13.7.